The van der Waals surface area contributed by atoms with Crippen molar-refractivity contribution >= 4 is 16.7 Å². The van der Waals surface area contributed by atoms with E-state index in [0.717, 1.165) is 22.1 Å². The van der Waals surface area contributed by atoms with Gasteiger partial charge in [0.25, 0.3) is 5.09 Å². The Bertz CT molecular complexity index is 1070. The van der Waals surface area contributed by atoms with Crippen LogP contribution in [0.5, 0.6) is 11.5 Å². The molecule has 29 heavy (non-hydrogen) atoms. The molecule has 0 amide bonds. The summed E-state index contributed by atoms with van der Waals surface area (Å²) in [6.45, 7) is 3.18. The van der Waals surface area contributed by atoms with Crippen LogP contribution in [0.4, 0.5) is 0 Å². The molecule has 0 spiro atoms. The Hall–Kier alpha value is -3.68. The Morgan fingerprint density at radius 3 is 2.69 bits per heavy atom. The molecule has 8 nitrogen and oxygen atoms in total. The molecule has 3 rings (SSSR count). The van der Waals surface area contributed by atoms with Crippen LogP contribution < -0.4 is 9.47 Å². The highest BCUT2D eigenvalue weighted by molar-refractivity contribution is 5.92. The Morgan fingerprint density at radius 1 is 1.21 bits per heavy atom. The van der Waals surface area contributed by atoms with Crippen molar-refractivity contribution in [3.8, 4) is 11.5 Å². The van der Waals surface area contributed by atoms with Crippen LogP contribution in [0.3, 0.4) is 0 Å². The fourth-order valence-corrected chi connectivity index (χ4v) is 3.02. The molecular weight excluding hydrogens is 376 g/mol. The van der Waals surface area contributed by atoms with E-state index in [-0.39, 0.29) is 6.61 Å². The smallest absolute Gasteiger partial charge is 0.318 e. The molecule has 1 aromatic heterocycles. The van der Waals surface area contributed by atoms with Gasteiger partial charge in [0.05, 0.1) is 24.4 Å². The molecule has 2 aromatic carbocycles. The number of hydrogen-bond donors (Lipinski definition) is 0. The number of aromatic nitrogens is 1. The third kappa shape index (κ3) is 4.60. The number of rotatable bonds is 7. The van der Waals surface area contributed by atoms with E-state index >= 15 is 0 Å². The van der Waals surface area contributed by atoms with E-state index in [4.69, 9.17) is 9.47 Å². The first-order valence-corrected chi connectivity index (χ1v) is 8.91. The highest BCUT2D eigenvalue weighted by atomic mass is 16.9. The molecule has 0 aliphatic carbocycles. The zero-order valence-electron chi connectivity index (χ0n) is 16.2. The van der Waals surface area contributed by atoms with Gasteiger partial charge in [0.1, 0.15) is 12.4 Å². The largest absolute Gasteiger partial charge is 0.497 e. The molecule has 0 aliphatic rings. The number of pyridine rings is 1. The predicted molar refractivity (Wildman–Crippen MR) is 105 cm³/mol. The van der Waals surface area contributed by atoms with E-state index in [1.165, 1.54) is 6.07 Å². The van der Waals surface area contributed by atoms with Crippen LogP contribution in [0.25, 0.3) is 10.8 Å². The molecule has 0 bridgehead atoms. The van der Waals surface area contributed by atoms with Crippen molar-refractivity contribution in [3.63, 3.8) is 0 Å². The molecule has 1 heterocycles. The van der Waals surface area contributed by atoms with Gasteiger partial charge in [-0.15, -0.1) is 10.1 Å². The van der Waals surface area contributed by atoms with E-state index in [1.54, 1.807) is 27.0 Å². The Morgan fingerprint density at radius 2 is 2.00 bits per heavy atom. The van der Waals surface area contributed by atoms with Crippen LogP contribution in [-0.4, -0.2) is 23.1 Å². The van der Waals surface area contributed by atoms with Gasteiger partial charge < -0.3 is 14.3 Å². The minimum atomic E-state index is -0.883. The average molecular weight is 396 g/mol. The molecule has 3 aromatic rings. The van der Waals surface area contributed by atoms with Crippen LogP contribution in [-0.2, 0) is 16.2 Å². The van der Waals surface area contributed by atoms with Gasteiger partial charge in [0, 0.05) is 0 Å². The van der Waals surface area contributed by atoms with Gasteiger partial charge in [-0.3, -0.25) is 9.78 Å². The molecule has 1 atom stereocenters. The summed E-state index contributed by atoms with van der Waals surface area (Å²) in [5.74, 6) is 0.109. The van der Waals surface area contributed by atoms with Crippen molar-refractivity contribution in [3.05, 3.63) is 75.6 Å². The van der Waals surface area contributed by atoms with Crippen molar-refractivity contribution in [2.75, 3.05) is 7.11 Å². The summed E-state index contributed by atoms with van der Waals surface area (Å²) in [5, 5.41) is 11.3. The summed E-state index contributed by atoms with van der Waals surface area (Å²) in [5.41, 5.74) is 1.66. The Labute approximate surface area is 167 Å². The summed E-state index contributed by atoms with van der Waals surface area (Å²) in [6.07, 6.45) is 0. The van der Waals surface area contributed by atoms with Crippen LogP contribution in [0, 0.1) is 17.0 Å². The van der Waals surface area contributed by atoms with E-state index < -0.39 is 17.0 Å². The lowest BCUT2D eigenvalue weighted by molar-refractivity contribution is -0.763. The molecule has 0 saturated carbocycles. The maximum absolute atomic E-state index is 12.7. The first-order chi connectivity index (χ1) is 13.9. The van der Waals surface area contributed by atoms with Gasteiger partial charge in [-0.25, -0.2) is 0 Å². The van der Waals surface area contributed by atoms with E-state index in [0.29, 0.717) is 17.1 Å². The number of ether oxygens (including phenoxy) is 2. The van der Waals surface area contributed by atoms with Gasteiger partial charge in [-0.05, 0) is 54.4 Å². The van der Waals surface area contributed by atoms with Crippen molar-refractivity contribution in [1.29, 1.82) is 0 Å². The highest BCUT2D eigenvalue weighted by Gasteiger charge is 2.21. The molecule has 0 unspecified atom stereocenters. The topological polar surface area (TPSA) is 101 Å². The summed E-state index contributed by atoms with van der Waals surface area (Å²) < 4.78 is 10.8. The van der Waals surface area contributed by atoms with Gasteiger partial charge in [-0.1, -0.05) is 24.3 Å². The third-order valence-electron chi connectivity index (χ3n) is 4.56. The second kappa shape index (κ2) is 8.55. The summed E-state index contributed by atoms with van der Waals surface area (Å²) in [4.78, 5) is 31.5. The zero-order valence-corrected chi connectivity index (χ0v) is 16.2. The number of carbonyl (C=O) groups excluding carboxylic acids is 1. The first kappa shape index (κ1) is 20.1. The van der Waals surface area contributed by atoms with Gasteiger partial charge in [-0.2, -0.15) is 0 Å². The summed E-state index contributed by atoms with van der Waals surface area (Å²) >= 11 is 0. The highest BCUT2D eigenvalue weighted by Crippen LogP contribution is 2.30. The molecule has 0 radical (unpaired) electrons. The van der Waals surface area contributed by atoms with E-state index in [1.807, 2.05) is 36.4 Å². The lowest BCUT2D eigenvalue weighted by Crippen LogP contribution is -2.17. The number of fused-ring (bicyclic) bond motifs is 1. The molecule has 150 valence electrons. The number of carbonyl (C=O) groups is 1. The van der Waals surface area contributed by atoms with E-state index in [2.05, 4.69) is 9.82 Å². The standard InChI is InChI=1S/C21H20N2O6/c1-13(18-6-4-5-15-11-17(27-3)8-9-19(15)18)21(24)29-20-10-7-16(22-14(20)2)12-28-23(25)26/h4-11,13H,12H2,1-3H3/t13-/m0/s1. The number of nitrogens with zero attached hydrogens (tertiary/aromatic N) is 2. The number of esters is 1. The molecule has 8 heteroatoms. The van der Waals surface area contributed by atoms with E-state index in [9.17, 15) is 14.9 Å². The van der Waals surface area contributed by atoms with Crippen molar-refractivity contribution in [2.45, 2.75) is 26.4 Å². The van der Waals surface area contributed by atoms with Crippen molar-refractivity contribution in [2.24, 2.45) is 0 Å². The number of benzene rings is 2. The fraction of sp³-hybridized carbons (Fsp3) is 0.238. The van der Waals surface area contributed by atoms with Gasteiger partial charge in [0.2, 0.25) is 0 Å². The lowest BCUT2D eigenvalue weighted by Gasteiger charge is -2.15. The average Bonchev–Trinajstić information content (AvgIpc) is 2.72. The second-order valence-corrected chi connectivity index (χ2v) is 6.46. The summed E-state index contributed by atoms with van der Waals surface area (Å²) in [6, 6.07) is 14.5. The van der Waals surface area contributed by atoms with Gasteiger partial charge in [0.15, 0.2) is 5.75 Å². The monoisotopic (exact) mass is 396 g/mol. The molecular formula is C21H20N2O6. The maximum Gasteiger partial charge on any atom is 0.318 e. The maximum atomic E-state index is 12.7. The minimum absolute atomic E-state index is 0.266. The minimum Gasteiger partial charge on any atom is -0.497 e. The SMILES string of the molecule is COc1ccc2c([C@H](C)C(=O)Oc3ccc(CO[N+](=O)[O-])nc3C)cccc2c1. The normalized spacial score (nSPS) is 11.7. The number of methoxy groups -OCH3 is 1. The predicted octanol–water partition coefficient (Wildman–Crippen LogP) is 3.97. The van der Waals surface area contributed by atoms with Crippen molar-refractivity contribution < 1.29 is 24.2 Å². The molecule has 0 aliphatic heterocycles. The van der Waals surface area contributed by atoms with Crippen LogP contribution >= 0.6 is 0 Å². The van der Waals surface area contributed by atoms with Crippen LogP contribution in [0.1, 0.15) is 29.8 Å². The Kier molecular flexibility index (Phi) is 5.92. The molecule has 0 N–H and O–H groups in total. The number of aryl methyl sites for hydroxylation is 1. The molecule has 0 saturated heterocycles. The zero-order chi connectivity index (χ0) is 21.0. The Balaban J connectivity index is 1.79. The van der Waals surface area contributed by atoms with Crippen LogP contribution in [0.2, 0.25) is 0 Å². The number of hydrogen-bond acceptors (Lipinski definition) is 7. The lowest BCUT2D eigenvalue weighted by atomic mass is 9.94. The third-order valence-corrected chi connectivity index (χ3v) is 4.56. The van der Waals surface area contributed by atoms with Gasteiger partial charge >= 0.3 is 5.97 Å². The molecule has 0 fully saturated rings. The first-order valence-electron chi connectivity index (χ1n) is 8.91. The second-order valence-electron chi connectivity index (χ2n) is 6.46. The van der Waals surface area contributed by atoms with Crippen molar-refractivity contribution in [1.82, 2.24) is 4.98 Å². The quantitative estimate of drug-likeness (QED) is 0.338. The summed E-state index contributed by atoms with van der Waals surface area (Å²) in [7, 11) is 1.61. The fourth-order valence-electron chi connectivity index (χ4n) is 3.02. The van der Waals surface area contributed by atoms with Crippen LogP contribution in [0.15, 0.2) is 48.5 Å².